The summed E-state index contributed by atoms with van der Waals surface area (Å²) in [4.78, 5) is 4.54. The maximum absolute atomic E-state index is 10.2. The fraction of sp³-hybridized carbons (Fsp3) is 0.480. The average Bonchev–Trinajstić information content (AvgIpc) is 3.12. The van der Waals surface area contributed by atoms with Gasteiger partial charge in [-0.25, -0.2) is 4.98 Å². The molecule has 2 aliphatic rings. The van der Waals surface area contributed by atoms with Gasteiger partial charge in [0, 0.05) is 45.2 Å². The van der Waals surface area contributed by atoms with Crippen LogP contribution in [0.5, 0.6) is 17.2 Å². The van der Waals surface area contributed by atoms with E-state index in [1.807, 2.05) is 48.0 Å². The summed E-state index contributed by atoms with van der Waals surface area (Å²) >= 11 is 0. The highest BCUT2D eigenvalue weighted by Crippen LogP contribution is 2.60. The first-order valence-corrected chi connectivity index (χ1v) is 15.4. The normalized spacial score (nSPS) is 22.0. The molecule has 1 aromatic carbocycles. The minimum Gasteiger partial charge on any atom is -0.489 e. The highest BCUT2D eigenvalue weighted by atomic mass is 28.3. The summed E-state index contributed by atoms with van der Waals surface area (Å²) in [6.07, 6.45) is 2.94. The zero-order valence-electron chi connectivity index (χ0n) is 19.7. The van der Waals surface area contributed by atoms with Gasteiger partial charge in [0.05, 0.1) is 11.3 Å². The second-order valence-electron chi connectivity index (χ2n) is 10.0. The second kappa shape index (κ2) is 8.75. The van der Waals surface area contributed by atoms with Crippen LogP contribution in [0.4, 0.5) is 0 Å². The summed E-state index contributed by atoms with van der Waals surface area (Å²) in [5.41, 5.74) is 1.91. The first kappa shape index (κ1) is 22.4. The molecule has 3 aromatic rings. The van der Waals surface area contributed by atoms with Crippen LogP contribution >= 0.6 is 0 Å². The number of fused-ring (bicyclic) bond motifs is 4. The maximum atomic E-state index is 10.2. The number of pyridine rings is 1. The summed E-state index contributed by atoms with van der Waals surface area (Å²) < 4.78 is 25.5. The van der Waals surface area contributed by atoms with E-state index in [4.69, 9.17) is 18.9 Å². The minimum atomic E-state index is -1.11. The van der Waals surface area contributed by atoms with Crippen molar-refractivity contribution in [2.24, 2.45) is 5.92 Å². The number of hydrogen-bond acceptors (Lipinski definition) is 6. The molecule has 2 aromatic heterocycles. The highest BCUT2D eigenvalue weighted by Gasteiger charge is 2.62. The van der Waals surface area contributed by atoms with Crippen LogP contribution in [0.25, 0.3) is 11.0 Å². The van der Waals surface area contributed by atoms with Crippen molar-refractivity contribution in [2.45, 2.75) is 57.7 Å². The van der Waals surface area contributed by atoms with Gasteiger partial charge in [0.1, 0.15) is 35.7 Å². The van der Waals surface area contributed by atoms with E-state index in [0.717, 1.165) is 46.5 Å². The number of aromatic nitrogens is 2. The van der Waals surface area contributed by atoms with E-state index in [0.29, 0.717) is 13.3 Å². The molecule has 1 aliphatic heterocycles. The van der Waals surface area contributed by atoms with Crippen molar-refractivity contribution >= 4 is 19.1 Å². The van der Waals surface area contributed by atoms with E-state index in [9.17, 15) is 5.11 Å². The number of benzene rings is 1. The number of aliphatic hydroxyl groups excluding tert-OH is 1. The molecule has 7 nitrogen and oxygen atoms in total. The molecule has 0 radical (unpaired) electrons. The molecule has 1 saturated carbocycles. The Morgan fingerprint density at radius 2 is 2.06 bits per heavy atom. The molecular formula is C25H32N2O5Si. The molecule has 3 heterocycles. The van der Waals surface area contributed by atoms with E-state index in [1.165, 1.54) is 0 Å². The Morgan fingerprint density at radius 3 is 2.85 bits per heavy atom. The van der Waals surface area contributed by atoms with Crippen LogP contribution in [0, 0.1) is 5.92 Å². The highest BCUT2D eigenvalue weighted by molar-refractivity contribution is 6.76. The standard InChI is InChI=1S/C25H32N2O5Si/c1-5-30-25(28)22-21-18-14-16(6-7-19(18)32-23(21)22)31-20-8-10-26-24-17(20)9-11-27(24)15-29-12-13-33(2,3)4/h6-11,14,21-23,25,28H,5,12-13,15H2,1-4H3. The first-order chi connectivity index (χ1) is 15.9. The van der Waals surface area contributed by atoms with Gasteiger partial charge >= 0.3 is 0 Å². The topological polar surface area (TPSA) is 75.0 Å². The molecule has 0 amide bonds. The lowest BCUT2D eigenvalue weighted by Gasteiger charge is -2.16. The van der Waals surface area contributed by atoms with Gasteiger partial charge in [0.15, 0.2) is 6.29 Å². The van der Waals surface area contributed by atoms with Crippen LogP contribution < -0.4 is 9.47 Å². The Bertz CT molecular complexity index is 1140. The zero-order chi connectivity index (χ0) is 23.2. The van der Waals surface area contributed by atoms with Gasteiger partial charge in [-0.3, -0.25) is 0 Å². The summed E-state index contributed by atoms with van der Waals surface area (Å²) in [6, 6.07) is 10.9. The molecule has 1 fully saturated rings. The van der Waals surface area contributed by atoms with Gasteiger partial charge < -0.3 is 28.6 Å². The number of aliphatic hydroxyl groups is 1. The Hall–Kier alpha value is -2.39. The lowest BCUT2D eigenvalue weighted by atomic mass is 10.1. The van der Waals surface area contributed by atoms with Gasteiger partial charge in [0.2, 0.25) is 0 Å². The molecule has 8 heteroatoms. The molecule has 33 heavy (non-hydrogen) atoms. The summed E-state index contributed by atoms with van der Waals surface area (Å²) in [7, 11) is -1.11. The fourth-order valence-electron chi connectivity index (χ4n) is 4.49. The van der Waals surface area contributed by atoms with Gasteiger partial charge in [0.25, 0.3) is 0 Å². The van der Waals surface area contributed by atoms with Crippen molar-refractivity contribution < 1.29 is 24.1 Å². The van der Waals surface area contributed by atoms with Gasteiger partial charge in [-0.2, -0.15) is 0 Å². The van der Waals surface area contributed by atoms with Crippen LogP contribution in [-0.4, -0.2) is 48.3 Å². The fourth-order valence-corrected chi connectivity index (χ4v) is 5.25. The number of ether oxygens (including phenoxy) is 4. The summed E-state index contributed by atoms with van der Waals surface area (Å²) in [5.74, 6) is 2.48. The largest absolute Gasteiger partial charge is 0.489 e. The zero-order valence-corrected chi connectivity index (χ0v) is 20.7. The Labute approximate surface area is 195 Å². The third kappa shape index (κ3) is 4.53. The van der Waals surface area contributed by atoms with Gasteiger partial charge in [-0.05, 0) is 43.3 Å². The lowest BCUT2D eigenvalue weighted by Crippen LogP contribution is -2.22. The molecule has 4 atom stereocenters. The molecule has 5 rings (SSSR count). The third-order valence-corrected chi connectivity index (χ3v) is 8.06. The Balaban J connectivity index is 1.29. The molecule has 1 N–H and O–H groups in total. The van der Waals surface area contributed by atoms with Crippen LogP contribution in [0.3, 0.4) is 0 Å². The van der Waals surface area contributed by atoms with Crippen molar-refractivity contribution in [3.05, 3.63) is 48.3 Å². The molecule has 0 bridgehead atoms. The van der Waals surface area contributed by atoms with Crippen molar-refractivity contribution in [1.82, 2.24) is 9.55 Å². The van der Waals surface area contributed by atoms with Crippen molar-refractivity contribution in [3.8, 4) is 17.2 Å². The predicted octanol–water partition coefficient (Wildman–Crippen LogP) is 4.97. The number of nitrogens with zero attached hydrogens (tertiary/aromatic N) is 2. The van der Waals surface area contributed by atoms with Crippen LogP contribution in [0.2, 0.25) is 25.7 Å². The molecule has 0 spiro atoms. The van der Waals surface area contributed by atoms with Crippen molar-refractivity contribution in [1.29, 1.82) is 0 Å². The SMILES string of the molecule is CCOC(O)C1C2Oc3ccc(Oc4ccnc5c4ccn5COCC[Si](C)(C)C)cc3C21. The van der Waals surface area contributed by atoms with E-state index in [2.05, 4.69) is 24.6 Å². The van der Waals surface area contributed by atoms with Crippen LogP contribution in [0.1, 0.15) is 18.4 Å². The second-order valence-corrected chi connectivity index (χ2v) is 15.6. The lowest BCUT2D eigenvalue weighted by molar-refractivity contribution is -0.115. The summed E-state index contributed by atoms with van der Waals surface area (Å²) in [6.45, 7) is 10.7. The van der Waals surface area contributed by atoms with Crippen molar-refractivity contribution in [2.75, 3.05) is 13.2 Å². The van der Waals surface area contributed by atoms with Crippen LogP contribution in [-0.2, 0) is 16.2 Å². The third-order valence-electron chi connectivity index (χ3n) is 6.35. The number of hydrogen-bond donors (Lipinski definition) is 1. The van der Waals surface area contributed by atoms with Gasteiger partial charge in [-0.1, -0.05) is 19.6 Å². The van der Waals surface area contributed by atoms with Crippen LogP contribution in [0.15, 0.2) is 42.7 Å². The molecular weight excluding hydrogens is 436 g/mol. The first-order valence-electron chi connectivity index (χ1n) is 11.7. The summed E-state index contributed by atoms with van der Waals surface area (Å²) in [5, 5.41) is 11.2. The minimum absolute atomic E-state index is 0.0144. The average molecular weight is 469 g/mol. The smallest absolute Gasteiger partial charge is 0.161 e. The van der Waals surface area contributed by atoms with E-state index < -0.39 is 14.4 Å². The quantitative estimate of drug-likeness (QED) is 0.257. The monoisotopic (exact) mass is 468 g/mol. The molecule has 0 saturated heterocycles. The maximum Gasteiger partial charge on any atom is 0.161 e. The van der Waals surface area contributed by atoms with Gasteiger partial charge in [-0.15, -0.1) is 0 Å². The molecule has 176 valence electrons. The molecule has 1 aliphatic carbocycles. The van der Waals surface area contributed by atoms with E-state index >= 15 is 0 Å². The predicted molar refractivity (Wildman–Crippen MR) is 129 cm³/mol. The van der Waals surface area contributed by atoms with E-state index in [1.54, 1.807) is 6.20 Å². The van der Waals surface area contributed by atoms with E-state index in [-0.39, 0.29) is 17.9 Å². The molecule has 4 unspecified atom stereocenters. The Morgan fingerprint density at radius 1 is 1.21 bits per heavy atom. The number of rotatable bonds is 10. The Kier molecular flexibility index (Phi) is 5.94. The van der Waals surface area contributed by atoms with Crippen molar-refractivity contribution in [3.63, 3.8) is 0 Å².